The van der Waals surface area contributed by atoms with Crippen LogP contribution in [-0.4, -0.2) is 6.04 Å². The van der Waals surface area contributed by atoms with Crippen molar-refractivity contribution >= 4 is 16.9 Å². The van der Waals surface area contributed by atoms with Crippen molar-refractivity contribution in [2.45, 2.75) is 23.3 Å². The third-order valence-corrected chi connectivity index (χ3v) is 12.8. The van der Waals surface area contributed by atoms with E-state index in [2.05, 4.69) is 218 Å². The highest BCUT2D eigenvalue weighted by molar-refractivity contribution is 5.92. The zero-order chi connectivity index (χ0) is 40.9. The Hall–Kier alpha value is -7.62. The summed E-state index contributed by atoms with van der Waals surface area (Å²) in [5.74, 6) is 3.05. The van der Waals surface area contributed by atoms with Crippen molar-refractivity contribution < 1.29 is 9.47 Å². The number of anilines is 2. The van der Waals surface area contributed by atoms with E-state index in [1.807, 2.05) is 18.2 Å². The molecule has 0 aromatic heterocycles. The maximum Gasteiger partial charge on any atom is 0.178 e. The van der Waals surface area contributed by atoms with Crippen LogP contribution in [0.4, 0.5) is 11.4 Å². The van der Waals surface area contributed by atoms with E-state index < -0.39 is 5.41 Å². The van der Waals surface area contributed by atoms with Crippen LogP contribution in [0.5, 0.6) is 23.0 Å². The van der Waals surface area contributed by atoms with Crippen LogP contribution in [0, 0.1) is 0 Å². The van der Waals surface area contributed by atoms with Crippen LogP contribution in [0.25, 0.3) is 16.7 Å². The Kier molecular flexibility index (Phi) is 8.90. The third kappa shape index (κ3) is 5.80. The van der Waals surface area contributed by atoms with Crippen LogP contribution in [0.15, 0.2) is 232 Å². The number of nitrogens with zero attached hydrogens (tertiary/aromatic N) is 1. The summed E-state index contributed by atoms with van der Waals surface area (Å²) in [6, 6.07) is 58.7. The molecule has 0 saturated carbocycles. The average molecular weight is 786 g/mol. The number of ether oxygens (including phenoxy) is 2. The second kappa shape index (κ2) is 14.9. The molecule has 4 aliphatic rings. The van der Waals surface area contributed by atoms with Crippen molar-refractivity contribution in [3.05, 3.63) is 271 Å². The van der Waals surface area contributed by atoms with E-state index in [1.165, 1.54) is 38.9 Å². The Morgan fingerprint density at radius 2 is 1.25 bits per heavy atom. The van der Waals surface area contributed by atoms with Crippen molar-refractivity contribution in [1.82, 2.24) is 0 Å². The summed E-state index contributed by atoms with van der Waals surface area (Å²) in [6.45, 7) is 8.09. The van der Waals surface area contributed by atoms with Crippen LogP contribution in [0.3, 0.4) is 0 Å². The molecule has 0 bridgehead atoms. The van der Waals surface area contributed by atoms with Gasteiger partial charge < -0.3 is 14.4 Å². The summed E-state index contributed by atoms with van der Waals surface area (Å²) in [4.78, 5) is 2.44. The van der Waals surface area contributed by atoms with E-state index in [1.54, 1.807) is 0 Å². The fourth-order valence-corrected chi connectivity index (χ4v) is 10.2. The van der Waals surface area contributed by atoms with Gasteiger partial charge in [-0.2, -0.15) is 0 Å². The molecule has 3 unspecified atom stereocenters. The first-order valence-corrected chi connectivity index (χ1v) is 21.0. The summed E-state index contributed by atoms with van der Waals surface area (Å²) in [5, 5.41) is 0. The predicted molar refractivity (Wildman–Crippen MR) is 250 cm³/mol. The van der Waals surface area contributed by atoms with E-state index in [9.17, 15) is 0 Å². The van der Waals surface area contributed by atoms with Crippen molar-refractivity contribution in [3.63, 3.8) is 0 Å². The van der Waals surface area contributed by atoms with Crippen LogP contribution < -0.4 is 14.4 Å². The first kappa shape index (κ1) is 36.5. The van der Waals surface area contributed by atoms with Gasteiger partial charge in [0.1, 0.15) is 0 Å². The molecule has 292 valence electrons. The van der Waals surface area contributed by atoms with Crippen molar-refractivity contribution in [3.8, 4) is 34.1 Å². The highest BCUT2D eigenvalue weighted by Crippen LogP contribution is 2.62. The zero-order valence-corrected chi connectivity index (χ0v) is 33.7. The minimum atomic E-state index is -0.535. The Labute approximate surface area is 357 Å². The summed E-state index contributed by atoms with van der Waals surface area (Å²) in [7, 11) is 0. The van der Waals surface area contributed by atoms with Gasteiger partial charge in [0, 0.05) is 34.8 Å². The SMILES string of the molecule is C=C/C=C/C1C=C(C=C)c2cc(N(c3ccc4c(c3)Oc3ccc5c(c3O4)-c3ccccc3C5(c3ccccc3)c3ccccc3)C3C=CC=CC3c3ccccc3)ccc21. The first-order valence-electron chi connectivity index (χ1n) is 21.0. The summed E-state index contributed by atoms with van der Waals surface area (Å²) in [6.07, 6.45) is 19.2. The van der Waals surface area contributed by atoms with E-state index in [0.717, 1.165) is 33.8 Å². The van der Waals surface area contributed by atoms with Crippen molar-refractivity contribution in [2.75, 3.05) is 4.90 Å². The van der Waals surface area contributed by atoms with Gasteiger partial charge in [-0.3, -0.25) is 0 Å². The highest BCUT2D eigenvalue weighted by Gasteiger charge is 2.48. The van der Waals surface area contributed by atoms with Crippen molar-refractivity contribution in [1.29, 1.82) is 0 Å². The van der Waals surface area contributed by atoms with Crippen LogP contribution >= 0.6 is 0 Å². The molecule has 0 radical (unpaired) electrons. The van der Waals surface area contributed by atoms with Gasteiger partial charge in [0.2, 0.25) is 0 Å². The second-order valence-corrected chi connectivity index (χ2v) is 16.0. The molecule has 1 aliphatic heterocycles. The molecule has 1 heterocycles. The Balaban J connectivity index is 1.04. The fourth-order valence-electron chi connectivity index (χ4n) is 10.2. The number of rotatable bonds is 9. The van der Waals surface area contributed by atoms with Gasteiger partial charge in [-0.25, -0.2) is 0 Å². The lowest BCUT2D eigenvalue weighted by Gasteiger charge is -2.38. The van der Waals surface area contributed by atoms with Gasteiger partial charge in [-0.15, -0.1) is 0 Å². The Morgan fingerprint density at radius 3 is 2.00 bits per heavy atom. The Morgan fingerprint density at radius 1 is 0.574 bits per heavy atom. The maximum absolute atomic E-state index is 7.05. The second-order valence-electron chi connectivity index (χ2n) is 16.0. The molecule has 0 saturated heterocycles. The number of allylic oxidation sites excluding steroid dienone is 8. The van der Waals surface area contributed by atoms with Crippen LogP contribution in [0.1, 0.15) is 50.8 Å². The molecule has 3 atom stereocenters. The van der Waals surface area contributed by atoms with Crippen LogP contribution in [0.2, 0.25) is 0 Å². The zero-order valence-electron chi connectivity index (χ0n) is 33.7. The Bertz CT molecular complexity index is 2930. The molecular weight excluding hydrogens is 743 g/mol. The molecule has 61 heavy (non-hydrogen) atoms. The number of benzene rings is 7. The quantitative estimate of drug-likeness (QED) is 0.136. The standard InChI is InChI=1S/C58H43NO2/c1-3-5-19-41-36-39(4-2)49-37-44(30-32-46(41)49)59(52-29-18-16-26-47(52)40-20-9-6-10-21-40)45-31-34-53-55(38-45)60-54-35-33-51-56(57(54)61-53)48-27-15-17-28-50(48)58(51,42-22-11-7-12-23-42)43-24-13-8-14-25-43/h3-38,41,47,52H,1-2H2/b19-5+. The predicted octanol–water partition coefficient (Wildman–Crippen LogP) is 14.8. The number of fused-ring (bicyclic) bond motifs is 7. The van der Waals surface area contributed by atoms with Crippen molar-refractivity contribution in [2.24, 2.45) is 0 Å². The van der Waals surface area contributed by atoms with E-state index >= 15 is 0 Å². The van der Waals surface area contributed by atoms with Crippen LogP contribution in [-0.2, 0) is 5.41 Å². The monoisotopic (exact) mass is 785 g/mol. The normalized spacial score (nSPS) is 18.4. The highest BCUT2D eigenvalue weighted by atomic mass is 16.6. The summed E-state index contributed by atoms with van der Waals surface area (Å²) in [5.41, 5.74) is 13.4. The molecule has 0 fully saturated rings. The molecule has 0 amide bonds. The molecule has 0 N–H and O–H groups in total. The van der Waals surface area contributed by atoms with Gasteiger partial charge >= 0.3 is 0 Å². The van der Waals surface area contributed by atoms with Gasteiger partial charge in [-0.05, 0) is 80.4 Å². The number of hydrogen-bond acceptors (Lipinski definition) is 3. The van der Waals surface area contributed by atoms with Gasteiger partial charge in [0.25, 0.3) is 0 Å². The number of hydrogen-bond donors (Lipinski definition) is 0. The molecule has 11 rings (SSSR count). The molecule has 3 heteroatoms. The fraction of sp³-hybridized carbons (Fsp3) is 0.0690. The topological polar surface area (TPSA) is 21.7 Å². The third-order valence-electron chi connectivity index (χ3n) is 12.8. The van der Waals surface area contributed by atoms with Gasteiger partial charge in [-0.1, -0.05) is 195 Å². The lowest BCUT2D eigenvalue weighted by atomic mass is 9.68. The molecule has 3 nitrogen and oxygen atoms in total. The van der Waals surface area contributed by atoms with E-state index in [4.69, 9.17) is 9.47 Å². The molecule has 0 spiro atoms. The largest absolute Gasteiger partial charge is 0.449 e. The smallest absolute Gasteiger partial charge is 0.178 e. The van der Waals surface area contributed by atoms with Gasteiger partial charge in [0.05, 0.1) is 11.5 Å². The van der Waals surface area contributed by atoms with E-state index in [0.29, 0.717) is 17.2 Å². The summed E-state index contributed by atoms with van der Waals surface area (Å²) < 4.78 is 14.0. The van der Waals surface area contributed by atoms with E-state index in [-0.39, 0.29) is 17.9 Å². The molecule has 3 aliphatic carbocycles. The minimum absolute atomic E-state index is 0.0295. The summed E-state index contributed by atoms with van der Waals surface area (Å²) >= 11 is 0. The average Bonchev–Trinajstić information content (AvgIpc) is 3.84. The molecular formula is C58H43NO2. The maximum atomic E-state index is 7.05. The minimum Gasteiger partial charge on any atom is -0.449 e. The molecule has 7 aromatic carbocycles. The molecule has 7 aromatic rings. The lowest BCUT2D eigenvalue weighted by Crippen LogP contribution is -2.35. The van der Waals surface area contributed by atoms with Gasteiger partial charge in [0.15, 0.2) is 23.0 Å². The lowest BCUT2D eigenvalue weighted by molar-refractivity contribution is 0.360. The first-order chi connectivity index (χ1) is 30.2.